The molecular formula is C30H30N2O11. The third-order valence-electron chi connectivity index (χ3n) is 8.75. The van der Waals surface area contributed by atoms with Gasteiger partial charge in [-0.2, -0.15) is 0 Å². The molecule has 2 bridgehead atoms. The highest BCUT2D eigenvalue weighted by atomic mass is 16.5. The van der Waals surface area contributed by atoms with Crippen molar-refractivity contribution in [3.8, 4) is 0 Å². The van der Waals surface area contributed by atoms with E-state index in [1.54, 1.807) is 6.92 Å². The molecule has 0 aromatic heterocycles. The third-order valence-corrected chi connectivity index (χ3v) is 8.75. The van der Waals surface area contributed by atoms with E-state index in [4.69, 9.17) is 14.2 Å². The number of ether oxygens (including phenoxy) is 3. The topological polar surface area (TPSA) is 177 Å². The van der Waals surface area contributed by atoms with Gasteiger partial charge < -0.3 is 24.4 Å². The van der Waals surface area contributed by atoms with E-state index < -0.39 is 71.1 Å². The Bertz CT molecular complexity index is 1650. The second-order valence-electron chi connectivity index (χ2n) is 10.8. The summed E-state index contributed by atoms with van der Waals surface area (Å²) in [6.45, 7) is 5.20. The van der Waals surface area contributed by atoms with E-state index in [9.17, 15) is 39.0 Å². The van der Waals surface area contributed by atoms with Crippen molar-refractivity contribution in [3.05, 3.63) is 68.4 Å². The maximum atomic E-state index is 14.3. The Morgan fingerprint density at radius 3 is 2.07 bits per heavy atom. The minimum Gasteiger partial charge on any atom is -0.492 e. The lowest BCUT2D eigenvalue weighted by molar-refractivity contribution is -0.212. The quantitative estimate of drug-likeness (QED) is 0.242. The standard InChI is InChI=1S/C30H30N2O11/c1-8-11(2)28(38)43-10-16-17-14(21(33)12(3)25(41-6)23(17)35)9-15-20-18-19(22(34)13(4)26(42-7)24(18)36)27(37)30(40,31(20)5)29(39)32(15)16/h8-9,16,20,27,37,40H,10H2,1-7H3/b11-8-/t16-,20-,27-,30+/m0/s1. The number of hydrogen-bond acceptors (Lipinski definition) is 12. The fourth-order valence-electron chi connectivity index (χ4n) is 6.31. The maximum absolute atomic E-state index is 14.3. The number of carbonyl (C=O) groups is 6. The molecule has 0 radical (unpaired) electrons. The van der Waals surface area contributed by atoms with E-state index in [0.717, 1.165) is 9.80 Å². The normalized spacial score (nSPS) is 29.6. The highest BCUT2D eigenvalue weighted by Gasteiger charge is 2.67. The number of hydrogen-bond donors (Lipinski definition) is 2. The van der Waals surface area contributed by atoms with Crippen LogP contribution in [0.5, 0.6) is 0 Å². The molecule has 3 aliphatic heterocycles. The van der Waals surface area contributed by atoms with E-state index in [2.05, 4.69) is 0 Å². The molecule has 0 aromatic carbocycles. The molecule has 0 aromatic rings. The highest BCUT2D eigenvalue weighted by molar-refractivity contribution is 6.28. The van der Waals surface area contributed by atoms with Gasteiger partial charge in [0, 0.05) is 44.7 Å². The fourth-order valence-corrected chi connectivity index (χ4v) is 6.31. The van der Waals surface area contributed by atoms with Gasteiger partial charge >= 0.3 is 5.97 Å². The Kier molecular flexibility index (Phi) is 7.03. The van der Waals surface area contributed by atoms with Crippen molar-refractivity contribution in [2.45, 2.75) is 51.6 Å². The number of likely N-dealkylation sites (N-methyl/N-ethyl adjacent to an activating group) is 1. The van der Waals surface area contributed by atoms with Gasteiger partial charge in [-0.05, 0) is 40.8 Å². The third kappa shape index (κ3) is 3.74. The van der Waals surface area contributed by atoms with Crippen LogP contribution in [-0.4, -0.2) is 107 Å². The van der Waals surface area contributed by atoms with Crippen LogP contribution in [0.4, 0.5) is 0 Å². The number of methoxy groups -OCH3 is 2. The van der Waals surface area contributed by atoms with Crippen molar-refractivity contribution < 1.29 is 53.2 Å². The number of esters is 1. The summed E-state index contributed by atoms with van der Waals surface area (Å²) in [5, 5.41) is 23.3. The smallest absolute Gasteiger partial charge is 0.333 e. The summed E-state index contributed by atoms with van der Waals surface area (Å²) in [5.74, 6) is -5.41. The van der Waals surface area contributed by atoms with Crippen LogP contribution in [0.2, 0.25) is 0 Å². The molecule has 3 heterocycles. The Hall–Kier alpha value is -4.46. The number of Topliss-reactive ketones (excluding diaryl/α,β-unsaturated/α-hetero) is 4. The molecule has 1 saturated heterocycles. The van der Waals surface area contributed by atoms with Crippen molar-refractivity contribution in [1.29, 1.82) is 0 Å². The zero-order valence-electron chi connectivity index (χ0n) is 24.6. The lowest BCUT2D eigenvalue weighted by Crippen LogP contribution is -2.77. The number of piperazine rings is 1. The number of nitrogens with zero attached hydrogens (tertiary/aromatic N) is 2. The molecule has 0 unspecified atom stereocenters. The van der Waals surface area contributed by atoms with Gasteiger partial charge in [0.2, 0.25) is 17.3 Å². The molecule has 1 fully saturated rings. The summed E-state index contributed by atoms with van der Waals surface area (Å²) >= 11 is 0. The van der Waals surface area contributed by atoms with E-state index in [1.807, 2.05) is 0 Å². The first-order valence-corrected chi connectivity index (χ1v) is 13.4. The minimum absolute atomic E-state index is 0.00725. The SMILES string of the molecule is C/C=C(/C)C(=O)OC[C@H]1C2=C(C=C3[C@H]4C5=C(C(=O)C(C)=C(OC)C5=O)[C@H](O)[C@@](O)(C(=O)N31)N4C)C(=O)C(C)=C(OC)C2=O. The van der Waals surface area contributed by atoms with Crippen LogP contribution in [0.15, 0.2) is 68.4 Å². The molecule has 4 atom stereocenters. The molecule has 2 aliphatic carbocycles. The summed E-state index contributed by atoms with van der Waals surface area (Å²) < 4.78 is 15.9. The van der Waals surface area contributed by atoms with Crippen molar-refractivity contribution in [1.82, 2.24) is 9.80 Å². The van der Waals surface area contributed by atoms with E-state index in [0.29, 0.717) is 0 Å². The summed E-state index contributed by atoms with van der Waals surface area (Å²) in [6, 6.07) is -2.84. The Labute approximate surface area is 246 Å². The molecule has 1 amide bonds. The molecule has 0 saturated carbocycles. The Morgan fingerprint density at radius 1 is 0.953 bits per heavy atom. The molecular weight excluding hydrogens is 564 g/mol. The number of amides is 1. The number of ketones is 4. The summed E-state index contributed by atoms with van der Waals surface area (Å²) in [6.07, 6.45) is 0.556. The van der Waals surface area contributed by atoms with Gasteiger partial charge in [0.15, 0.2) is 23.1 Å². The lowest BCUT2D eigenvalue weighted by atomic mass is 9.70. The van der Waals surface area contributed by atoms with Crippen LogP contribution in [0.25, 0.3) is 0 Å². The van der Waals surface area contributed by atoms with Crippen LogP contribution in [0.1, 0.15) is 27.7 Å². The van der Waals surface area contributed by atoms with Gasteiger partial charge in [-0.25, -0.2) is 4.79 Å². The van der Waals surface area contributed by atoms with E-state index in [1.165, 1.54) is 54.2 Å². The summed E-state index contributed by atoms with van der Waals surface area (Å²) in [5.41, 5.74) is -3.84. The first-order valence-electron chi connectivity index (χ1n) is 13.4. The largest absolute Gasteiger partial charge is 0.492 e. The molecule has 13 nitrogen and oxygen atoms in total. The number of fused-ring (bicyclic) bond motifs is 5. The minimum atomic E-state index is -2.79. The summed E-state index contributed by atoms with van der Waals surface area (Å²) in [4.78, 5) is 83.4. The van der Waals surface area contributed by atoms with Crippen molar-refractivity contribution in [2.24, 2.45) is 0 Å². The molecule has 5 aliphatic rings. The van der Waals surface area contributed by atoms with Gasteiger partial charge in [0.05, 0.1) is 20.3 Å². The number of aliphatic hydroxyl groups is 2. The molecule has 2 N–H and O–H groups in total. The Balaban J connectivity index is 1.79. The van der Waals surface area contributed by atoms with Crippen LogP contribution in [-0.2, 0) is 43.0 Å². The average Bonchev–Trinajstić information content (AvgIpc) is 2.98. The van der Waals surface area contributed by atoms with Gasteiger partial charge in [0.1, 0.15) is 18.8 Å². The van der Waals surface area contributed by atoms with E-state index in [-0.39, 0.29) is 50.7 Å². The second kappa shape index (κ2) is 10.1. The number of allylic oxidation sites excluding steroid dienone is 7. The number of carbonyl (C=O) groups excluding carboxylic acids is 6. The Morgan fingerprint density at radius 2 is 1.51 bits per heavy atom. The maximum Gasteiger partial charge on any atom is 0.333 e. The molecule has 13 heteroatoms. The lowest BCUT2D eigenvalue weighted by Gasteiger charge is -2.58. The first kappa shape index (κ1) is 30.0. The zero-order valence-corrected chi connectivity index (χ0v) is 24.6. The summed E-state index contributed by atoms with van der Waals surface area (Å²) in [7, 11) is 3.69. The number of rotatable bonds is 5. The predicted molar refractivity (Wildman–Crippen MR) is 145 cm³/mol. The van der Waals surface area contributed by atoms with Gasteiger partial charge in [-0.15, -0.1) is 0 Å². The van der Waals surface area contributed by atoms with Crippen molar-refractivity contribution >= 4 is 35.0 Å². The van der Waals surface area contributed by atoms with E-state index >= 15 is 0 Å². The predicted octanol–water partition coefficient (Wildman–Crippen LogP) is -0.295. The number of aliphatic hydroxyl groups excluding tert-OH is 1. The molecule has 0 spiro atoms. The zero-order chi connectivity index (χ0) is 31.9. The van der Waals surface area contributed by atoms with Gasteiger partial charge in [0.25, 0.3) is 5.91 Å². The van der Waals surface area contributed by atoms with Crippen LogP contribution in [0, 0.1) is 0 Å². The van der Waals surface area contributed by atoms with Crippen LogP contribution in [0.3, 0.4) is 0 Å². The van der Waals surface area contributed by atoms with Gasteiger partial charge in [-0.3, -0.25) is 33.8 Å². The second-order valence-corrected chi connectivity index (χ2v) is 10.8. The van der Waals surface area contributed by atoms with Crippen LogP contribution < -0.4 is 0 Å². The molecule has 5 rings (SSSR count). The molecule has 43 heavy (non-hydrogen) atoms. The van der Waals surface area contributed by atoms with Crippen LogP contribution >= 0.6 is 0 Å². The fraction of sp³-hybridized carbons (Fsp3) is 0.400. The van der Waals surface area contributed by atoms with Crippen molar-refractivity contribution in [3.63, 3.8) is 0 Å². The monoisotopic (exact) mass is 594 g/mol. The highest BCUT2D eigenvalue weighted by Crippen LogP contribution is 2.50. The average molecular weight is 595 g/mol. The molecule has 226 valence electrons. The van der Waals surface area contributed by atoms with Crippen molar-refractivity contribution in [2.75, 3.05) is 27.9 Å². The first-order chi connectivity index (χ1) is 20.2. The van der Waals surface area contributed by atoms with Gasteiger partial charge in [-0.1, -0.05) is 6.08 Å².